The van der Waals surface area contributed by atoms with E-state index < -0.39 is 0 Å². The number of non-ortho nitro benzene ring substituents is 1. The average molecular weight is 248 g/mol. The van der Waals surface area contributed by atoms with E-state index in [0.717, 1.165) is 11.5 Å². The Bertz CT molecular complexity index is 416. The number of nitro benzene ring substituents is 1. The molecule has 0 aromatic heterocycles. The molecule has 18 heavy (non-hydrogen) atoms. The van der Waals surface area contributed by atoms with E-state index in [9.17, 15) is 10.1 Å². The molecule has 0 aliphatic heterocycles. The molecule has 0 radical (unpaired) electrons. The maximum Gasteiger partial charge on any atom is 0.269 e. The molecule has 1 aromatic rings. The predicted molar refractivity (Wildman–Crippen MR) is 71.5 cm³/mol. The summed E-state index contributed by atoms with van der Waals surface area (Å²) in [6.07, 6.45) is 3.76. The second-order valence-corrected chi connectivity index (χ2v) is 5.35. The van der Waals surface area contributed by atoms with Gasteiger partial charge in [0.25, 0.3) is 5.69 Å². The Morgan fingerprint density at radius 2 is 2.00 bits per heavy atom. The summed E-state index contributed by atoms with van der Waals surface area (Å²) in [5, 5.41) is 14.2. The lowest BCUT2D eigenvalue weighted by Crippen LogP contribution is -2.29. The molecule has 0 spiro atoms. The van der Waals surface area contributed by atoms with Crippen molar-refractivity contribution in [1.82, 2.24) is 5.32 Å². The molecule has 1 aliphatic carbocycles. The molecule has 0 heterocycles. The van der Waals surface area contributed by atoms with Gasteiger partial charge in [-0.15, -0.1) is 0 Å². The number of hydrogen-bond donors (Lipinski definition) is 1. The van der Waals surface area contributed by atoms with E-state index in [1.165, 1.54) is 19.3 Å². The van der Waals surface area contributed by atoms with Crippen LogP contribution >= 0.6 is 0 Å². The van der Waals surface area contributed by atoms with E-state index >= 15 is 0 Å². The summed E-state index contributed by atoms with van der Waals surface area (Å²) in [5.41, 5.74) is 1.26. The molecule has 0 amide bonds. The lowest BCUT2D eigenvalue weighted by Gasteiger charge is -2.19. The highest BCUT2D eigenvalue weighted by atomic mass is 16.6. The summed E-state index contributed by atoms with van der Waals surface area (Å²) in [6, 6.07) is 7.67. The minimum atomic E-state index is -0.361. The van der Waals surface area contributed by atoms with Crippen molar-refractivity contribution in [2.24, 2.45) is 5.92 Å². The third-order valence-corrected chi connectivity index (χ3v) is 3.78. The van der Waals surface area contributed by atoms with Crippen molar-refractivity contribution in [2.75, 3.05) is 0 Å². The van der Waals surface area contributed by atoms with Crippen LogP contribution in [0.15, 0.2) is 24.3 Å². The summed E-state index contributed by atoms with van der Waals surface area (Å²) in [6.45, 7) is 4.41. The quantitative estimate of drug-likeness (QED) is 0.656. The van der Waals surface area contributed by atoms with Gasteiger partial charge < -0.3 is 5.32 Å². The smallest absolute Gasteiger partial charge is 0.269 e. The van der Waals surface area contributed by atoms with Crippen molar-refractivity contribution in [3.63, 3.8) is 0 Å². The first-order valence-corrected chi connectivity index (χ1v) is 6.56. The number of rotatable bonds is 4. The molecule has 2 rings (SSSR count). The van der Waals surface area contributed by atoms with Gasteiger partial charge in [0.2, 0.25) is 0 Å². The van der Waals surface area contributed by atoms with Gasteiger partial charge in [-0.05, 0) is 37.7 Å². The number of nitro groups is 1. The summed E-state index contributed by atoms with van der Waals surface area (Å²) < 4.78 is 0. The SMILES string of the molecule is CC1CCC(NC(C)c2ccc([N+](=O)[O-])cc2)C1. The highest BCUT2D eigenvalue weighted by Gasteiger charge is 2.22. The van der Waals surface area contributed by atoms with Crippen molar-refractivity contribution >= 4 is 5.69 Å². The fraction of sp³-hybridized carbons (Fsp3) is 0.571. The molecule has 1 N–H and O–H groups in total. The van der Waals surface area contributed by atoms with E-state index in [0.29, 0.717) is 6.04 Å². The largest absolute Gasteiger partial charge is 0.307 e. The molecule has 4 nitrogen and oxygen atoms in total. The average Bonchev–Trinajstić information content (AvgIpc) is 2.75. The number of nitrogens with zero attached hydrogens (tertiary/aromatic N) is 1. The van der Waals surface area contributed by atoms with E-state index in [4.69, 9.17) is 0 Å². The van der Waals surface area contributed by atoms with E-state index in [-0.39, 0.29) is 16.7 Å². The van der Waals surface area contributed by atoms with Crippen molar-refractivity contribution in [2.45, 2.75) is 45.2 Å². The molecular formula is C14H20N2O2. The van der Waals surface area contributed by atoms with Crippen LogP contribution in [0.25, 0.3) is 0 Å². The van der Waals surface area contributed by atoms with E-state index in [2.05, 4.69) is 19.2 Å². The molecule has 3 unspecified atom stereocenters. The van der Waals surface area contributed by atoms with Crippen LogP contribution in [0.4, 0.5) is 5.69 Å². The normalized spacial score (nSPS) is 25.0. The van der Waals surface area contributed by atoms with Crippen molar-refractivity contribution in [3.8, 4) is 0 Å². The zero-order chi connectivity index (χ0) is 13.1. The van der Waals surface area contributed by atoms with Crippen LogP contribution < -0.4 is 5.32 Å². The lowest BCUT2D eigenvalue weighted by atomic mass is 10.1. The van der Waals surface area contributed by atoms with Crippen molar-refractivity contribution < 1.29 is 4.92 Å². The monoisotopic (exact) mass is 248 g/mol. The Morgan fingerprint density at radius 3 is 2.50 bits per heavy atom. The van der Waals surface area contributed by atoms with Crippen LogP contribution in [0.3, 0.4) is 0 Å². The Kier molecular flexibility index (Phi) is 3.97. The van der Waals surface area contributed by atoms with Gasteiger partial charge in [-0.2, -0.15) is 0 Å². The van der Waals surface area contributed by atoms with Crippen LogP contribution in [0.2, 0.25) is 0 Å². The Hall–Kier alpha value is -1.42. The predicted octanol–water partition coefficient (Wildman–Crippen LogP) is 3.43. The lowest BCUT2D eigenvalue weighted by molar-refractivity contribution is -0.384. The third-order valence-electron chi connectivity index (χ3n) is 3.78. The van der Waals surface area contributed by atoms with Gasteiger partial charge in [-0.25, -0.2) is 0 Å². The molecule has 4 heteroatoms. The Labute approximate surface area is 108 Å². The van der Waals surface area contributed by atoms with E-state index in [1.54, 1.807) is 12.1 Å². The zero-order valence-corrected chi connectivity index (χ0v) is 10.9. The second-order valence-electron chi connectivity index (χ2n) is 5.35. The molecule has 98 valence electrons. The molecule has 1 fully saturated rings. The minimum absolute atomic E-state index is 0.153. The fourth-order valence-electron chi connectivity index (χ4n) is 2.69. The van der Waals surface area contributed by atoms with Crippen LogP contribution in [0.5, 0.6) is 0 Å². The standard InChI is InChI=1S/C14H20N2O2/c1-10-3-6-13(9-10)15-11(2)12-4-7-14(8-5-12)16(17)18/h4-5,7-8,10-11,13,15H,3,6,9H2,1-2H3. The Balaban J connectivity index is 1.96. The van der Waals surface area contributed by atoms with Crippen molar-refractivity contribution in [3.05, 3.63) is 39.9 Å². The fourth-order valence-corrected chi connectivity index (χ4v) is 2.69. The molecule has 3 atom stereocenters. The van der Waals surface area contributed by atoms with E-state index in [1.807, 2.05) is 12.1 Å². The molecule has 0 bridgehead atoms. The van der Waals surface area contributed by atoms with Crippen LogP contribution in [-0.2, 0) is 0 Å². The molecule has 1 saturated carbocycles. The molecular weight excluding hydrogens is 228 g/mol. The van der Waals surface area contributed by atoms with Crippen LogP contribution in [0, 0.1) is 16.0 Å². The third kappa shape index (κ3) is 3.07. The van der Waals surface area contributed by atoms with Crippen LogP contribution in [0.1, 0.15) is 44.7 Å². The van der Waals surface area contributed by atoms with Crippen molar-refractivity contribution in [1.29, 1.82) is 0 Å². The number of hydrogen-bond acceptors (Lipinski definition) is 3. The molecule has 0 saturated heterocycles. The number of nitrogens with one attached hydrogen (secondary N) is 1. The van der Waals surface area contributed by atoms with Gasteiger partial charge in [0.15, 0.2) is 0 Å². The first-order chi connectivity index (χ1) is 8.56. The highest BCUT2D eigenvalue weighted by Crippen LogP contribution is 2.27. The highest BCUT2D eigenvalue weighted by molar-refractivity contribution is 5.34. The molecule has 1 aromatic carbocycles. The van der Waals surface area contributed by atoms with Gasteiger partial charge in [-0.1, -0.05) is 19.1 Å². The Morgan fingerprint density at radius 1 is 1.33 bits per heavy atom. The van der Waals surface area contributed by atoms with Crippen LogP contribution in [-0.4, -0.2) is 11.0 Å². The number of benzene rings is 1. The summed E-state index contributed by atoms with van der Waals surface area (Å²) in [7, 11) is 0. The summed E-state index contributed by atoms with van der Waals surface area (Å²) in [4.78, 5) is 10.2. The van der Waals surface area contributed by atoms with Gasteiger partial charge in [0.05, 0.1) is 4.92 Å². The first-order valence-electron chi connectivity index (χ1n) is 6.56. The minimum Gasteiger partial charge on any atom is -0.307 e. The van der Waals surface area contributed by atoms with Gasteiger partial charge in [-0.3, -0.25) is 10.1 Å². The van der Waals surface area contributed by atoms with Gasteiger partial charge in [0.1, 0.15) is 0 Å². The topological polar surface area (TPSA) is 55.2 Å². The first kappa shape index (κ1) is 13.0. The van der Waals surface area contributed by atoms with Gasteiger partial charge in [0, 0.05) is 24.2 Å². The molecule has 1 aliphatic rings. The zero-order valence-electron chi connectivity index (χ0n) is 10.9. The maximum absolute atomic E-state index is 10.6. The second kappa shape index (κ2) is 5.48. The maximum atomic E-state index is 10.6. The summed E-state index contributed by atoms with van der Waals surface area (Å²) in [5.74, 6) is 0.812. The van der Waals surface area contributed by atoms with Gasteiger partial charge >= 0.3 is 0 Å². The summed E-state index contributed by atoms with van der Waals surface area (Å²) >= 11 is 0.